The average molecular weight is 453 g/mol. The Morgan fingerprint density at radius 1 is 0.939 bits per heavy atom. The Bertz CT molecular complexity index is 1130. The van der Waals surface area contributed by atoms with Crippen LogP contribution in [0.3, 0.4) is 0 Å². The number of aryl methyl sites for hydroxylation is 1. The summed E-state index contributed by atoms with van der Waals surface area (Å²) < 4.78 is 29.0. The number of carbonyl (C=O) groups is 2. The second-order valence-corrected chi connectivity index (χ2v) is 7.53. The van der Waals surface area contributed by atoms with Gasteiger partial charge < -0.3 is 20.3 Å². The summed E-state index contributed by atoms with van der Waals surface area (Å²) in [5.74, 6) is -0.610. The Labute approximate surface area is 191 Å². The number of hydrogen-bond donors (Lipinski definition) is 2. The van der Waals surface area contributed by atoms with Gasteiger partial charge in [-0.05, 0) is 67.4 Å². The molecule has 2 amide bonds. The first kappa shape index (κ1) is 23.7. The Hall–Kier alpha value is -3.94. The molecule has 0 bridgehead atoms. The van der Waals surface area contributed by atoms with Gasteiger partial charge in [0.15, 0.2) is 0 Å². The second-order valence-electron chi connectivity index (χ2n) is 7.53. The molecule has 0 spiro atoms. The van der Waals surface area contributed by atoms with E-state index in [2.05, 4.69) is 15.4 Å². The van der Waals surface area contributed by atoms with Crippen LogP contribution in [0, 0.1) is 13.8 Å². The second kappa shape index (κ2) is 10.6. The standard InChI is InChI=1S/C25H25F2N3O3/c1-16-7-6-10-21(17(16)2)29-23(31)15-30(3)24(32)20-8-4-5-9-22(20)28-18-11-13-19(14-12-18)33-25(26)27/h4-14,25,28H,15H2,1-3H3,(H,29,31). The van der Waals surface area contributed by atoms with Gasteiger partial charge in [0.1, 0.15) is 5.75 Å². The quantitative estimate of drug-likeness (QED) is 0.482. The summed E-state index contributed by atoms with van der Waals surface area (Å²) >= 11 is 0. The molecule has 3 rings (SSSR count). The molecule has 0 aliphatic heterocycles. The number of anilines is 3. The van der Waals surface area contributed by atoms with E-state index in [0.29, 0.717) is 22.6 Å². The van der Waals surface area contributed by atoms with E-state index in [1.54, 1.807) is 43.4 Å². The zero-order valence-electron chi connectivity index (χ0n) is 18.6. The van der Waals surface area contributed by atoms with Crippen LogP contribution in [-0.4, -0.2) is 36.9 Å². The molecular formula is C25H25F2N3O3. The molecule has 172 valence electrons. The number of rotatable bonds is 8. The Kier molecular flexibility index (Phi) is 7.61. The Morgan fingerprint density at radius 2 is 1.61 bits per heavy atom. The maximum Gasteiger partial charge on any atom is 0.387 e. The first-order valence-electron chi connectivity index (χ1n) is 10.3. The van der Waals surface area contributed by atoms with Crippen molar-refractivity contribution in [3.8, 4) is 5.75 Å². The zero-order chi connectivity index (χ0) is 24.0. The highest BCUT2D eigenvalue weighted by molar-refractivity contribution is 6.03. The number of nitrogens with one attached hydrogen (secondary N) is 2. The van der Waals surface area contributed by atoms with E-state index in [4.69, 9.17) is 0 Å². The van der Waals surface area contributed by atoms with E-state index in [1.807, 2.05) is 32.0 Å². The molecule has 3 aromatic rings. The summed E-state index contributed by atoms with van der Waals surface area (Å²) in [5, 5.41) is 5.95. The van der Waals surface area contributed by atoms with Crippen LogP contribution in [0.2, 0.25) is 0 Å². The van der Waals surface area contributed by atoms with Crippen molar-refractivity contribution in [2.24, 2.45) is 0 Å². The van der Waals surface area contributed by atoms with Crippen LogP contribution >= 0.6 is 0 Å². The molecule has 6 nitrogen and oxygen atoms in total. The molecule has 3 aromatic carbocycles. The molecule has 0 aliphatic carbocycles. The summed E-state index contributed by atoms with van der Waals surface area (Å²) in [6, 6.07) is 18.5. The maximum atomic E-state index is 13.0. The fourth-order valence-corrected chi connectivity index (χ4v) is 3.22. The van der Waals surface area contributed by atoms with Crippen LogP contribution in [-0.2, 0) is 4.79 Å². The van der Waals surface area contributed by atoms with Gasteiger partial charge in [0.25, 0.3) is 5.91 Å². The van der Waals surface area contributed by atoms with Crippen molar-refractivity contribution in [3.63, 3.8) is 0 Å². The highest BCUT2D eigenvalue weighted by Crippen LogP contribution is 2.24. The van der Waals surface area contributed by atoms with Crippen LogP contribution in [0.5, 0.6) is 5.75 Å². The number of para-hydroxylation sites is 1. The van der Waals surface area contributed by atoms with E-state index in [0.717, 1.165) is 11.1 Å². The van der Waals surface area contributed by atoms with Crippen LogP contribution in [0.4, 0.5) is 25.8 Å². The Balaban J connectivity index is 1.68. The van der Waals surface area contributed by atoms with Gasteiger partial charge in [-0.1, -0.05) is 24.3 Å². The van der Waals surface area contributed by atoms with Crippen molar-refractivity contribution >= 4 is 28.9 Å². The van der Waals surface area contributed by atoms with Gasteiger partial charge in [0.05, 0.1) is 17.8 Å². The SMILES string of the molecule is Cc1cccc(NC(=O)CN(C)C(=O)c2ccccc2Nc2ccc(OC(F)F)cc2)c1C. The topological polar surface area (TPSA) is 70.7 Å². The van der Waals surface area contributed by atoms with Crippen molar-refractivity contribution in [1.82, 2.24) is 4.90 Å². The monoisotopic (exact) mass is 453 g/mol. The molecular weight excluding hydrogens is 428 g/mol. The molecule has 0 saturated heterocycles. The fraction of sp³-hybridized carbons (Fsp3) is 0.200. The molecule has 0 heterocycles. The van der Waals surface area contributed by atoms with Gasteiger partial charge in [-0.3, -0.25) is 9.59 Å². The number of amides is 2. The summed E-state index contributed by atoms with van der Waals surface area (Å²) in [5.41, 5.74) is 4.22. The number of alkyl halides is 2. The minimum Gasteiger partial charge on any atom is -0.435 e. The Morgan fingerprint density at radius 3 is 2.30 bits per heavy atom. The van der Waals surface area contributed by atoms with Crippen molar-refractivity contribution in [2.45, 2.75) is 20.5 Å². The molecule has 2 N–H and O–H groups in total. The molecule has 33 heavy (non-hydrogen) atoms. The van der Waals surface area contributed by atoms with Crippen molar-refractivity contribution in [1.29, 1.82) is 0 Å². The van der Waals surface area contributed by atoms with Gasteiger partial charge in [0, 0.05) is 18.4 Å². The van der Waals surface area contributed by atoms with E-state index in [-0.39, 0.29) is 24.1 Å². The minimum atomic E-state index is -2.90. The lowest BCUT2D eigenvalue weighted by Crippen LogP contribution is -2.35. The highest BCUT2D eigenvalue weighted by Gasteiger charge is 2.18. The largest absolute Gasteiger partial charge is 0.435 e. The van der Waals surface area contributed by atoms with Gasteiger partial charge >= 0.3 is 6.61 Å². The third kappa shape index (κ3) is 6.29. The predicted octanol–water partition coefficient (Wildman–Crippen LogP) is 5.36. The van der Waals surface area contributed by atoms with Crippen molar-refractivity contribution < 1.29 is 23.1 Å². The highest BCUT2D eigenvalue weighted by atomic mass is 19.3. The van der Waals surface area contributed by atoms with Gasteiger partial charge in [0.2, 0.25) is 5.91 Å². The lowest BCUT2D eigenvalue weighted by Gasteiger charge is -2.20. The lowest BCUT2D eigenvalue weighted by atomic mass is 10.1. The number of carbonyl (C=O) groups excluding carboxylic acids is 2. The van der Waals surface area contributed by atoms with Crippen LogP contribution < -0.4 is 15.4 Å². The van der Waals surface area contributed by atoms with Crippen molar-refractivity contribution in [2.75, 3.05) is 24.2 Å². The summed E-state index contributed by atoms with van der Waals surface area (Å²) in [6.07, 6.45) is 0. The van der Waals surface area contributed by atoms with E-state index < -0.39 is 6.61 Å². The number of ether oxygens (including phenoxy) is 1. The first-order valence-corrected chi connectivity index (χ1v) is 10.3. The number of nitrogens with zero attached hydrogens (tertiary/aromatic N) is 1. The van der Waals surface area contributed by atoms with E-state index in [1.165, 1.54) is 17.0 Å². The normalized spacial score (nSPS) is 10.6. The molecule has 0 aromatic heterocycles. The third-order valence-corrected chi connectivity index (χ3v) is 5.12. The number of benzene rings is 3. The average Bonchev–Trinajstić information content (AvgIpc) is 2.78. The first-order chi connectivity index (χ1) is 15.7. The van der Waals surface area contributed by atoms with Gasteiger partial charge in [-0.2, -0.15) is 8.78 Å². The molecule has 0 radical (unpaired) electrons. The van der Waals surface area contributed by atoms with Crippen LogP contribution in [0.25, 0.3) is 0 Å². The number of hydrogen-bond acceptors (Lipinski definition) is 4. The molecule has 8 heteroatoms. The fourth-order valence-electron chi connectivity index (χ4n) is 3.22. The molecule has 0 unspecified atom stereocenters. The summed E-state index contributed by atoms with van der Waals surface area (Å²) in [4.78, 5) is 26.9. The molecule has 0 atom stereocenters. The van der Waals surface area contributed by atoms with Crippen molar-refractivity contribution in [3.05, 3.63) is 83.4 Å². The van der Waals surface area contributed by atoms with Gasteiger partial charge in [-0.15, -0.1) is 0 Å². The predicted molar refractivity (Wildman–Crippen MR) is 124 cm³/mol. The zero-order valence-corrected chi connectivity index (χ0v) is 18.6. The molecule has 0 fully saturated rings. The third-order valence-electron chi connectivity index (χ3n) is 5.12. The van der Waals surface area contributed by atoms with E-state index >= 15 is 0 Å². The van der Waals surface area contributed by atoms with Crippen LogP contribution in [0.15, 0.2) is 66.7 Å². The molecule has 0 aliphatic rings. The summed E-state index contributed by atoms with van der Waals surface area (Å²) in [6.45, 7) is 0.864. The number of halogens is 2. The number of likely N-dealkylation sites (N-methyl/N-ethyl adjacent to an activating group) is 1. The smallest absolute Gasteiger partial charge is 0.387 e. The van der Waals surface area contributed by atoms with Crippen LogP contribution in [0.1, 0.15) is 21.5 Å². The van der Waals surface area contributed by atoms with Gasteiger partial charge in [-0.25, -0.2) is 0 Å². The lowest BCUT2D eigenvalue weighted by molar-refractivity contribution is -0.116. The molecule has 0 saturated carbocycles. The maximum absolute atomic E-state index is 13.0. The van der Waals surface area contributed by atoms with E-state index in [9.17, 15) is 18.4 Å². The summed E-state index contributed by atoms with van der Waals surface area (Å²) in [7, 11) is 1.55. The minimum absolute atomic E-state index is 0.0366.